The van der Waals surface area contributed by atoms with Crippen LogP contribution in [-0.4, -0.2) is 16.6 Å². The molecule has 0 amide bonds. The van der Waals surface area contributed by atoms with Crippen molar-refractivity contribution in [2.45, 2.75) is 65.9 Å². The van der Waals surface area contributed by atoms with Crippen LogP contribution in [0.3, 0.4) is 0 Å². The molecule has 0 bridgehead atoms. The Morgan fingerprint density at radius 3 is 2.21 bits per heavy atom. The van der Waals surface area contributed by atoms with E-state index in [9.17, 15) is 4.79 Å². The number of rotatable bonds is 6. The van der Waals surface area contributed by atoms with Gasteiger partial charge < -0.3 is 9.72 Å². The number of aromatic amines is 1. The largest absolute Gasteiger partial charge is 0.367 e. The fourth-order valence-corrected chi connectivity index (χ4v) is 2.62. The molecule has 0 aliphatic rings. The van der Waals surface area contributed by atoms with Crippen molar-refractivity contribution in [1.82, 2.24) is 9.97 Å². The number of aryl methyl sites for hydroxylation is 1. The predicted octanol–water partition coefficient (Wildman–Crippen LogP) is 3.25. The van der Waals surface area contributed by atoms with Crippen LogP contribution in [0.2, 0.25) is 0 Å². The highest BCUT2D eigenvalue weighted by molar-refractivity contribution is 5.21. The molecule has 0 atom stereocenters. The molecule has 4 nitrogen and oxygen atoms in total. The first-order valence-corrected chi connectivity index (χ1v) is 7.17. The van der Waals surface area contributed by atoms with Gasteiger partial charge in [0.15, 0.2) is 0 Å². The summed E-state index contributed by atoms with van der Waals surface area (Å²) in [5.74, 6) is 0.835. The first-order valence-electron chi connectivity index (χ1n) is 7.17. The van der Waals surface area contributed by atoms with Gasteiger partial charge in [-0.1, -0.05) is 27.7 Å². The number of nitrogens with one attached hydrogen (secondary N) is 1. The van der Waals surface area contributed by atoms with Crippen LogP contribution in [0.25, 0.3) is 0 Å². The lowest BCUT2D eigenvalue weighted by Gasteiger charge is -2.30. The molecule has 1 aromatic heterocycles. The third-order valence-electron chi connectivity index (χ3n) is 3.72. The summed E-state index contributed by atoms with van der Waals surface area (Å²) in [7, 11) is 0. The highest BCUT2D eigenvalue weighted by atomic mass is 16.5. The van der Waals surface area contributed by atoms with Crippen LogP contribution in [0.5, 0.6) is 0 Å². The Kier molecular flexibility index (Phi) is 5.29. The van der Waals surface area contributed by atoms with Crippen molar-refractivity contribution in [2.24, 2.45) is 0 Å². The molecular formula is C15H26N2O2. The molecule has 0 fully saturated rings. The molecule has 0 spiro atoms. The maximum atomic E-state index is 12.2. The zero-order valence-corrected chi connectivity index (χ0v) is 13.0. The summed E-state index contributed by atoms with van der Waals surface area (Å²) in [5, 5.41) is 0. The van der Waals surface area contributed by atoms with Crippen molar-refractivity contribution in [2.75, 3.05) is 6.61 Å². The summed E-state index contributed by atoms with van der Waals surface area (Å²) in [4.78, 5) is 19.8. The second-order valence-corrected chi connectivity index (χ2v) is 5.20. The molecule has 0 saturated carbocycles. The average molecular weight is 266 g/mol. The van der Waals surface area contributed by atoms with E-state index in [4.69, 9.17) is 4.74 Å². The topological polar surface area (TPSA) is 55.0 Å². The van der Waals surface area contributed by atoms with E-state index in [2.05, 4.69) is 23.8 Å². The number of hydrogen-bond donors (Lipinski definition) is 1. The van der Waals surface area contributed by atoms with Crippen LogP contribution < -0.4 is 5.56 Å². The van der Waals surface area contributed by atoms with E-state index in [-0.39, 0.29) is 11.5 Å². The van der Waals surface area contributed by atoms with E-state index in [0.717, 1.165) is 24.1 Å². The molecule has 108 valence electrons. The van der Waals surface area contributed by atoms with E-state index in [1.807, 2.05) is 27.7 Å². The van der Waals surface area contributed by atoms with E-state index < -0.39 is 5.60 Å². The normalized spacial score (nSPS) is 12.2. The first kappa shape index (κ1) is 15.9. The van der Waals surface area contributed by atoms with Gasteiger partial charge in [0.25, 0.3) is 5.56 Å². The number of hydrogen-bond acceptors (Lipinski definition) is 3. The van der Waals surface area contributed by atoms with Gasteiger partial charge in [-0.05, 0) is 32.6 Å². The summed E-state index contributed by atoms with van der Waals surface area (Å²) in [6.45, 7) is 12.6. The van der Waals surface area contributed by atoms with Gasteiger partial charge in [-0.3, -0.25) is 4.79 Å². The fourth-order valence-electron chi connectivity index (χ4n) is 2.62. The van der Waals surface area contributed by atoms with Crippen molar-refractivity contribution >= 4 is 0 Å². The Bertz CT molecular complexity index is 474. The van der Waals surface area contributed by atoms with E-state index in [1.54, 1.807) is 0 Å². The molecular weight excluding hydrogens is 240 g/mol. The molecule has 0 radical (unpaired) electrons. The lowest BCUT2D eigenvalue weighted by atomic mass is 9.95. The molecule has 1 N–H and O–H groups in total. The average Bonchev–Trinajstić information content (AvgIpc) is 2.34. The molecule has 1 aromatic rings. The van der Waals surface area contributed by atoms with E-state index >= 15 is 0 Å². The maximum absolute atomic E-state index is 12.2. The Balaban J connectivity index is 3.39. The van der Waals surface area contributed by atoms with Gasteiger partial charge in [0, 0.05) is 17.9 Å². The fraction of sp³-hybridized carbons (Fsp3) is 0.733. The molecule has 4 heteroatoms. The van der Waals surface area contributed by atoms with Crippen LogP contribution in [0.1, 0.15) is 70.5 Å². The van der Waals surface area contributed by atoms with Crippen molar-refractivity contribution in [3.63, 3.8) is 0 Å². The Morgan fingerprint density at radius 2 is 1.84 bits per heavy atom. The zero-order chi connectivity index (χ0) is 14.6. The highest BCUT2D eigenvalue weighted by Crippen LogP contribution is 2.30. The van der Waals surface area contributed by atoms with Crippen molar-refractivity contribution < 1.29 is 4.74 Å². The van der Waals surface area contributed by atoms with E-state index in [0.29, 0.717) is 12.4 Å². The SMILES string of the molecule is CCOC(CC)(CC)c1nc(C)c(C(C)C)c(=O)[nH]1. The number of H-pyrrole nitrogens is 1. The minimum atomic E-state index is -0.478. The molecule has 0 aliphatic carbocycles. The van der Waals surface area contributed by atoms with E-state index in [1.165, 1.54) is 0 Å². The number of aromatic nitrogens is 2. The monoisotopic (exact) mass is 266 g/mol. The predicted molar refractivity (Wildman–Crippen MR) is 77.6 cm³/mol. The van der Waals surface area contributed by atoms with Crippen LogP contribution in [0.4, 0.5) is 0 Å². The zero-order valence-electron chi connectivity index (χ0n) is 13.0. The van der Waals surface area contributed by atoms with Gasteiger partial charge in [-0.25, -0.2) is 4.98 Å². The second kappa shape index (κ2) is 6.33. The summed E-state index contributed by atoms with van der Waals surface area (Å²) < 4.78 is 5.89. The summed E-state index contributed by atoms with van der Waals surface area (Å²) in [5.41, 5.74) is 1.05. The van der Waals surface area contributed by atoms with Crippen LogP contribution in [0, 0.1) is 6.92 Å². The number of ether oxygens (including phenoxy) is 1. The number of nitrogens with zero attached hydrogens (tertiary/aromatic N) is 1. The third-order valence-corrected chi connectivity index (χ3v) is 3.72. The third kappa shape index (κ3) is 3.06. The summed E-state index contributed by atoms with van der Waals surface area (Å²) in [6, 6.07) is 0. The van der Waals surface area contributed by atoms with Gasteiger partial charge in [-0.2, -0.15) is 0 Å². The van der Waals surface area contributed by atoms with Gasteiger partial charge >= 0.3 is 0 Å². The molecule has 0 saturated heterocycles. The quantitative estimate of drug-likeness (QED) is 0.860. The molecule has 0 aromatic carbocycles. The van der Waals surface area contributed by atoms with Crippen molar-refractivity contribution in [1.29, 1.82) is 0 Å². The molecule has 0 aliphatic heterocycles. The van der Waals surface area contributed by atoms with Crippen molar-refractivity contribution in [3.8, 4) is 0 Å². The lowest BCUT2D eigenvalue weighted by molar-refractivity contribution is -0.0574. The summed E-state index contributed by atoms with van der Waals surface area (Å²) in [6.07, 6.45) is 1.58. The first-order chi connectivity index (χ1) is 8.91. The van der Waals surface area contributed by atoms with Crippen LogP contribution in [0.15, 0.2) is 4.79 Å². The van der Waals surface area contributed by atoms with Crippen LogP contribution in [-0.2, 0) is 10.3 Å². The Labute approximate surface area is 115 Å². The smallest absolute Gasteiger partial charge is 0.254 e. The minimum Gasteiger partial charge on any atom is -0.367 e. The summed E-state index contributed by atoms with van der Waals surface area (Å²) >= 11 is 0. The highest BCUT2D eigenvalue weighted by Gasteiger charge is 2.32. The maximum Gasteiger partial charge on any atom is 0.254 e. The minimum absolute atomic E-state index is 0.0384. The van der Waals surface area contributed by atoms with Gasteiger partial charge in [0.05, 0.1) is 0 Å². The lowest BCUT2D eigenvalue weighted by Crippen LogP contribution is -2.34. The van der Waals surface area contributed by atoms with Gasteiger partial charge in [-0.15, -0.1) is 0 Å². The molecule has 0 unspecified atom stereocenters. The molecule has 1 rings (SSSR count). The second-order valence-electron chi connectivity index (χ2n) is 5.20. The standard InChI is InChI=1S/C15H26N2O2/c1-7-15(8-2,19-9-3)14-16-11(6)12(10(4)5)13(18)17-14/h10H,7-9H2,1-6H3,(H,16,17,18). The van der Waals surface area contributed by atoms with Gasteiger partial charge in [0.1, 0.15) is 11.4 Å². The van der Waals surface area contributed by atoms with Crippen molar-refractivity contribution in [3.05, 3.63) is 27.4 Å². The Morgan fingerprint density at radius 1 is 1.26 bits per heavy atom. The Hall–Kier alpha value is -1.16. The van der Waals surface area contributed by atoms with Gasteiger partial charge in [0.2, 0.25) is 0 Å². The van der Waals surface area contributed by atoms with Crippen LogP contribution >= 0.6 is 0 Å². The molecule has 19 heavy (non-hydrogen) atoms. The molecule has 1 heterocycles.